The van der Waals surface area contributed by atoms with Gasteiger partial charge in [-0.1, -0.05) is 36.6 Å². The van der Waals surface area contributed by atoms with Crippen molar-refractivity contribution in [3.8, 4) is 0 Å². The van der Waals surface area contributed by atoms with Crippen LogP contribution >= 0.6 is 11.6 Å². The maximum Gasteiger partial charge on any atom is 0.407 e. The number of carboxylic acid groups (broad SMARTS) is 1. The average Bonchev–Trinajstić information content (AvgIpc) is 2.91. The van der Waals surface area contributed by atoms with Crippen molar-refractivity contribution in [2.24, 2.45) is 5.11 Å². The highest BCUT2D eigenvalue weighted by Crippen LogP contribution is 2.41. The molecule has 9 nitrogen and oxygen atoms in total. The molecule has 2 heterocycles. The van der Waals surface area contributed by atoms with Crippen molar-refractivity contribution < 1.29 is 14.7 Å². The molecule has 2 aliphatic heterocycles. The van der Waals surface area contributed by atoms with E-state index in [1.54, 1.807) is 4.90 Å². The molecule has 1 aromatic rings. The Labute approximate surface area is 174 Å². The Kier molecular flexibility index (Phi) is 5.93. The summed E-state index contributed by atoms with van der Waals surface area (Å²) in [4.78, 5) is 32.5. The minimum Gasteiger partial charge on any atom is -0.465 e. The standard InChI is InChI=1S/C19H25ClN6O3/c1-12-8-24(14(7-22-23-21)9-25(12)18(28)29)10-17(27)26-11-19(2,3)15-5-4-13(20)6-16(15)26/h4-6,12,14H,7-11H2,1-3H3,(H,28,29)/t12-,14+/m1/s1. The van der Waals surface area contributed by atoms with Gasteiger partial charge in [0.2, 0.25) is 5.91 Å². The van der Waals surface area contributed by atoms with E-state index >= 15 is 0 Å². The van der Waals surface area contributed by atoms with Crippen LogP contribution in [0.5, 0.6) is 0 Å². The first kappa shape index (κ1) is 21.2. The third kappa shape index (κ3) is 4.27. The first-order valence-electron chi connectivity index (χ1n) is 9.49. The fourth-order valence-electron chi connectivity index (χ4n) is 4.22. The Balaban J connectivity index is 1.81. The van der Waals surface area contributed by atoms with Crippen LogP contribution in [0, 0.1) is 0 Å². The summed E-state index contributed by atoms with van der Waals surface area (Å²) >= 11 is 6.17. The molecular formula is C19H25ClN6O3. The number of carbonyl (C=O) groups excluding carboxylic acids is 1. The zero-order chi connectivity index (χ0) is 21.3. The van der Waals surface area contributed by atoms with Crippen LogP contribution < -0.4 is 4.90 Å². The number of hydrogen-bond donors (Lipinski definition) is 1. The zero-order valence-corrected chi connectivity index (χ0v) is 17.5. The Bertz CT molecular complexity index is 870. The van der Waals surface area contributed by atoms with E-state index in [4.69, 9.17) is 17.1 Å². The van der Waals surface area contributed by atoms with E-state index in [9.17, 15) is 14.7 Å². The summed E-state index contributed by atoms with van der Waals surface area (Å²) in [5.74, 6) is -0.0824. The second-order valence-electron chi connectivity index (χ2n) is 8.31. The molecule has 0 saturated carbocycles. The first-order valence-corrected chi connectivity index (χ1v) is 9.86. The lowest BCUT2D eigenvalue weighted by molar-refractivity contribution is -0.121. The fraction of sp³-hybridized carbons (Fsp3) is 0.579. The molecule has 1 aromatic carbocycles. The predicted octanol–water partition coefficient (Wildman–Crippen LogP) is 3.33. The molecule has 0 aliphatic carbocycles. The van der Waals surface area contributed by atoms with Crippen LogP contribution in [0.25, 0.3) is 10.4 Å². The Morgan fingerprint density at radius 3 is 2.76 bits per heavy atom. The van der Waals surface area contributed by atoms with E-state index < -0.39 is 6.09 Å². The molecule has 29 heavy (non-hydrogen) atoms. The normalized spacial score (nSPS) is 23.4. The molecule has 0 aromatic heterocycles. The molecule has 0 bridgehead atoms. The van der Waals surface area contributed by atoms with Gasteiger partial charge in [0.05, 0.1) is 6.54 Å². The highest BCUT2D eigenvalue weighted by molar-refractivity contribution is 6.31. The summed E-state index contributed by atoms with van der Waals surface area (Å²) in [7, 11) is 0. The largest absolute Gasteiger partial charge is 0.465 e. The lowest BCUT2D eigenvalue weighted by Crippen LogP contribution is -2.61. The number of halogens is 1. The van der Waals surface area contributed by atoms with Crippen molar-refractivity contribution in [2.45, 2.75) is 38.3 Å². The van der Waals surface area contributed by atoms with Gasteiger partial charge in [-0.15, -0.1) is 0 Å². The third-order valence-corrected chi connectivity index (χ3v) is 5.96. The van der Waals surface area contributed by atoms with Gasteiger partial charge in [-0.2, -0.15) is 0 Å². The molecule has 0 unspecified atom stereocenters. The van der Waals surface area contributed by atoms with Gasteiger partial charge in [-0.25, -0.2) is 4.79 Å². The lowest BCUT2D eigenvalue weighted by Gasteiger charge is -2.43. The number of rotatable bonds is 4. The van der Waals surface area contributed by atoms with Crippen LogP contribution in [0.15, 0.2) is 23.3 Å². The Morgan fingerprint density at radius 1 is 1.38 bits per heavy atom. The maximum atomic E-state index is 13.2. The number of fused-ring (bicyclic) bond motifs is 1. The molecule has 2 aliphatic rings. The summed E-state index contributed by atoms with van der Waals surface area (Å²) in [6.07, 6.45) is -1.01. The van der Waals surface area contributed by atoms with Crippen molar-refractivity contribution in [1.29, 1.82) is 0 Å². The van der Waals surface area contributed by atoms with Gasteiger partial charge >= 0.3 is 6.09 Å². The average molecular weight is 421 g/mol. The molecule has 1 saturated heterocycles. The van der Waals surface area contributed by atoms with Crippen molar-refractivity contribution >= 4 is 29.3 Å². The van der Waals surface area contributed by atoms with Gasteiger partial charge in [0, 0.05) is 59.3 Å². The minimum absolute atomic E-state index is 0.0824. The highest BCUT2D eigenvalue weighted by atomic mass is 35.5. The molecule has 10 heteroatoms. The van der Waals surface area contributed by atoms with Crippen molar-refractivity contribution in [2.75, 3.05) is 37.6 Å². The molecule has 3 rings (SSSR count). The van der Waals surface area contributed by atoms with Crippen LogP contribution in [0.2, 0.25) is 5.02 Å². The Morgan fingerprint density at radius 2 is 2.10 bits per heavy atom. The van der Waals surface area contributed by atoms with E-state index in [0.717, 1.165) is 11.3 Å². The molecular weight excluding hydrogens is 396 g/mol. The number of benzene rings is 1. The van der Waals surface area contributed by atoms with Crippen LogP contribution in [-0.4, -0.2) is 71.7 Å². The summed E-state index contributed by atoms with van der Waals surface area (Å²) in [5, 5.41) is 13.6. The van der Waals surface area contributed by atoms with Gasteiger partial charge in [-0.3, -0.25) is 9.69 Å². The van der Waals surface area contributed by atoms with E-state index in [1.165, 1.54) is 4.90 Å². The fourth-order valence-corrected chi connectivity index (χ4v) is 4.39. The monoisotopic (exact) mass is 420 g/mol. The molecule has 156 valence electrons. The molecule has 0 radical (unpaired) electrons. The summed E-state index contributed by atoms with van der Waals surface area (Å²) in [6, 6.07) is 4.99. The molecule has 1 N–H and O–H groups in total. The third-order valence-electron chi connectivity index (χ3n) is 5.73. The van der Waals surface area contributed by atoms with E-state index in [1.807, 2.05) is 30.0 Å². The molecule has 0 spiro atoms. The summed E-state index contributed by atoms with van der Waals surface area (Å²) in [6.45, 7) is 7.34. The molecule has 2 atom stereocenters. The van der Waals surface area contributed by atoms with E-state index in [-0.39, 0.29) is 43.0 Å². The van der Waals surface area contributed by atoms with Crippen molar-refractivity contribution in [3.05, 3.63) is 39.2 Å². The van der Waals surface area contributed by atoms with Crippen LogP contribution in [0.3, 0.4) is 0 Å². The lowest BCUT2D eigenvalue weighted by atomic mass is 9.87. The second-order valence-corrected chi connectivity index (χ2v) is 8.74. The van der Waals surface area contributed by atoms with Gasteiger partial charge in [-0.05, 0) is 30.2 Å². The van der Waals surface area contributed by atoms with Crippen molar-refractivity contribution in [3.63, 3.8) is 0 Å². The highest BCUT2D eigenvalue weighted by Gasteiger charge is 2.40. The first-order chi connectivity index (χ1) is 13.6. The van der Waals surface area contributed by atoms with Crippen LogP contribution in [0.4, 0.5) is 10.5 Å². The Hall–Kier alpha value is -2.48. The number of anilines is 1. The molecule has 2 amide bonds. The minimum atomic E-state index is -1.01. The topological polar surface area (TPSA) is 113 Å². The smallest absolute Gasteiger partial charge is 0.407 e. The SMILES string of the molecule is C[C@@H]1CN(CC(=O)N2CC(C)(C)c3ccc(Cl)cc32)[C@@H](CN=[N+]=[N-])CN1C(=O)O. The quantitative estimate of drug-likeness (QED) is 0.457. The maximum absolute atomic E-state index is 13.2. The number of amides is 2. The number of carbonyl (C=O) groups is 2. The molecule has 1 fully saturated rings. The number of nitrogens with zero attached hydrogens (tertiary/aromatic N) is 6. The zero-order valence-electron chi connectivity index (χ0n) is 16.7. The summed E-state index contributed by atoms with van der Waals surface area (Å²) < 4.78 is 0. The number of piperazine rings is 1. The predicted molar refractivity (Wildman–Crippen MR) is 110 cm³/mol. The summed E-state index contributed by atoms with van der Waals surface area (Å²) in [5.41, 5.74) is 10.4. The second kappa shape index (κ2) is 8.10. The van der Waals surface area contributed by atoms with Gasteiger partial charge in [0.1, 0.15) is 0 Å². The van der Waals surface area contributed by atoms with Crippen molar-refractivity contribution in [1.82, 2.24) is 9.80 Å². The van der Waals surface area contributed by atoms with Gasteiger partial charge < -0.3 is 14.9 Å². The number of hydrogen-bond acceptors (Lipinski definition) is 4. The van der Waals surface area contributed by atoms with E-state index in [2.05, 4.69) is 23.9 Å². The van der Waals surface area contributed by atoms with Gasteiger partial charge in [0.25, 0.3) is 0 Å². The van der Waals surface area contributed by atoms with E-state index in [0.29, 0.717) is 18.1 Å². The van der Waals surface area contributed by atoms with Crippen LogP contribution in [0.1, 0.15) is 26.3 Å². The van der Waals surface area contributed by atoms with Crippen LogP contribution in [-0.2, 0) is 10.2 Å². The number of azide groups is 1. The van der Waals surface area contributed by atoms with Gasteiger partial charge in [0.15, 0.2) is 0 Å².